The first-order chi connectivity index (χ1) is 7.63. The third-order valence-corrected chi connectivity index (χ3v) is 4.74. The summed E-state index contributed by atoms with van der Waals surface area (Å²) in [5, 5.41) is 3.31. The maximum Gasteiger partial charge on any atom is 0.322 e. The molecule has 94 valence electrons. The Bertz CT molecular complexity index is 227. The molecule has 0 amide bonds. The summed E-state index contributed by atoms with van der Waals surface area (Å²) in [4.78, 5) is 11.4. The Morgan fingerprint density at radius 3 is 2.62 bits per heavy atom. The molecule has 1 saturated carbocycles. The molecule has 0 saturated heterocycles. The number of thioether (sulfide) groups is 1. The fourth-order valence-electron chi connectivity index (χ4n) is 2.16. The van der Waals surface area contributed by atoms with Crippen molar-refractivity contribution in [2.24, 2.45) is 0 Å². The van der Waals surface area contributed by atoms with E-state index in [1.165, 1.54) is 25.7 Å². The molecular weight excluding hydrogens is 222 g/mol. The van der Waals surface area contributed by atoms with Crippen LogP contribution in [0.15, 0.2) is 0 Å². The summed E-state index contributed by atoms with van der Waals surface area (Å²) < 4.78 is 5.33. The average Bonchev–Trinajstić information content (AvgIpc) is 2.75. The molecule has 0 aromatic rings. The van der Waals surface area contributed by atoms with E-state index in [-0.39, 0.29) is 12.0 Å². The summed E-state index contributed by atoms with van der Waals surface area (Å²) in [6, 6.07) is -0.190. The van der Waals surface area contributed by atoms with Gasteiger partial charge in [-0.1, -0.05) is 12.8 Å². The van der Waals surface area contributed by atoms with Crippen molar-refractivity contribution in [2.45, 2.75) is 50.3 Å². The van der Waals surface area contributed by atoms with E-state index in [0.717, 1.165) is 6.54 Å². The molecule has 1 N–H and O–H groups in total. The van der Waals surface area contributed by atoms with Gasteiger partial charge in [0.15, 0.2) is 0 Å². The molecule has 0 aliphatic heterocycles. The third-order valence-electron chi connectivity index (χ3n) is 3.32. The molecule has 0 bridgehead atoms. The fourth-order valence-corrected chi connectivity index (χ4v) is 3.09. The van der Waals surface area contributed by atoms with Crippen LogP contribution in [0.3, 0.4) is 0 Å². The highest BCUT2D eigenvalue weighted by Crippen LogP contribution is 2.39. The molecule has 16 heavy (non-hydrogen) atoms. The summed E-state index contributed by atoms with van der Waals surface area (Å²) in [6.45, 7) is 5.08. The highest BCUT2D eigenvalue weighted by molar-refractivity contribution is 8.00. The molecule has 0 spiro atoms. The SMILES string of the molecule is CCOC(=O)C(C)NCC1(SC)CCCC1. The molecule has 1 rings (SSSR count). The van der Waals surface area contributed by atoms with Gasteiger partial charge in [-0.3, -0.25) is 4.79 Å². The Morgan fingerprint density at radius 2 is 2.12 bits per heavy atom. The first-order valence-electron chi connectivity index (χ1n) is 6.09. The van der Waals surface area contributed by atoms with E-state index in [1.54, 1.807) is 0 Å². The van der Waals surface area contributed by atoms with Crippen LogP contribution in [0.4, 0.5) is 0 Å². The predicted octanol–water partition coefficient (Wildman–Crippen LogP) is 2.20. The van der Waals surface area contributed by atoms with Gasteiger partial charge in [0, 0.05) is 11.3 Å². The van der Waals surface area contributed by atoms with Gasteiger partial charge in [0.1, 0.15) is 6.04 Å². The minimum absolute atomic E-state index is 0.142. The second-order valence-corrected chi connectivity index (χ2v) is 5.72. The molecule has 1 unspecified atom stereocenters. The Balaban J connectivity index is 2.34. The molecular formula is C12H23NO2S. The maximum absolute atomic E-state index is 11.4. The van der Waals surface area contributed by atoms with Crippen LogP contribution < -0.4 is 5.32 Å². The van der Waals surface area contributed by atoms with Crippen LogP contribution in [0.1, 0.15) is 39.5 Å². The summed E-state index contributed by atoms with van der Waals surface area (Å²) in [6.07, 6.45) is 7.32. The quantitative estimate of drug-likeness (QED) is 0.728. The van der Waals surface area contributed by atoms with Crippen LogP contribution in [0.2, 0.25) is 0 Å². The first-order valence-corrected chi connectivity index (χ1v) is 7.31. The molecule has 1 aliphatic rings. The van der Waals surface area contributed by atoms with Gasteiger partial charge in [-0.25, -0.2) is 0 Å². The lowest BCUT2D eigenvalue weighted by Crippen LogP contribution is -2.43. The van der Waals surface area contributed by atoms with Crippen LogP contribution >= 0.6 is 11.8 Å². The van der Waals surface area contributed by atoms with Gasteiger partial charge in [0.25, 0.3) is 0 Å². The van der Waals surface area contributed by atoms with Gasteiger partial charge >= 0.3 is 5.97 Å². The standard InChI is InChI=1S/C12H23NO2S/c1-4-15-11(14)10(2)13-9-12(16-3)7-5-6-8-12/h10,13H,4-9H2,1-3H3. The van der Waals surface area contributed by atoms with Crippen molar-refractivity contribution in [3.8, 4) is 0 Å². The van der Waals surface area contributed by atoms with Crippen molar-refractivity contribution in [1.82, 2.24) is 5.32 Å². The number of carbonyl (C=O) groups excluding carboxylic acids is 1. The number of rotatable bonds is 6. The van der Waals surface area contributed by atoms with Gasteiger partial charge in [-0.05, 0) is 32.9 Å². The number of nitrogens with one attached hydrogen (secondary N) is 1. The molecule has 0 aromatic heterocycles. The number of carbonyl (C=O) groups is 1. The van der Waals surface area contributed by atoms with Gasteiger partial charge in [-0.15, -0.1) is 0 Å². The average molecular weight is 245 g/mol. The Morgan fingerprint density at radius 1 is 1.50 bits per heavy atom. The molecule has 4 heteroatoms. The molecule has 3 nitrogen and oxygen atoms in total. The van der Waals surface area contributed by atoms with E-state index in [9.17, 15) is 4.79 Å². The lowest BCUT2D eigenvalue weighted by molar-refractivity contribution is -0.145. The number of hydrogen-bond acceptors (Lipinski definition) is 4. The van der Waals surface area contributed by atoms with Gasteiger partial charge < -0.3 is 10.1 Å². The van der Waals surface area contributed by atoms with Crippen LogP contribution in [-0.4, -0.2) is 36.2 Å². The van der Waals surface area contributed by atoms with E-state index in [0.29, 0.717) is 11.4 Å². The maximum atomic E-state index is 11.4. The number of hydrogen-bond donors (Lipinski definition) is 1. The Kier molecular flexibility index (Phi) is 5.62. The van der Waals surface area contributed by atoms with Crippen molar-refractivity contribution in [3.63, 3.8) is 0 Å². The van der Waals surface area contributed by atoms with E-state index in [2.05, 4.69) is 11.6 Å². The zero-order chi connectivity index (χ0) is 12.0. The zero-order valence-electron chi connectivity index (χ0n) is 10.5. The second kappa shape index (κ2) is 6.50. The smallest absolute Gasteiger partial charge is 0.322 e. The lowest BCUT2D eigenvalue weighted by atomic mass is 10.1. The molecule has 1 fully saturated rings. The second-order valence-electron chi connectivity index (χ2n) is 4.45. The highest BCUT2D eigenvalue weighted by Gasteiger charge is 2.33. The van der Waals surface area contributed by atoms with Crippen molar-refractivity contribution in [2.75, 3.05) is 19.4 Å². The molecule has 0 heterocycles. The minimum atomic E-state index is -0.190. The monoisotopic (exact) mass is 245 g/mol. The van der Waals surface area contributed by atoms with Gasteiger partial charge in [-0.2, -0.15) is 11.8 Å². The minimum Gasteiger partial charge on any atom is -0.465 e. The van der Waals surface area contributed by atoms with Crippen molar-refractivity contribution in [3.05, 3.63) is 0 Å². The third kappa shape index (κ3) is 3.67. The largest absolute Gasteiger partial charge is 0.465 e. The van der Waals surface area contributed by atoms with Crippen molar-refractivity contribution in [1.29, 1.82) is 0 Å². The molecule has 1 aliphatic carbocycles. The van der Waals surface area contributed by atoms with Crippen molar-refractivity contribution >= 4 is 17.7 Å². The topological polar surface area (TPSA) is 38.3 Å². The van der Waals surface area contributed by atoms with Crippen molar-refractivity contribution < 1.29 is 9.53 Å². The van der Waals surface area contributed by atoms with E-state index < -0.39 is 0 Å². The van der Waals surface area contributed by atoms with Crippen LogP contribution in [-0.2, 0) is 9.53 Å². The van der Waals surface area contributed by atoms with E-state index in [1.807, 2.05) is 25.6 Å². The van der Waals surface area contributed by atoms with Gasteiger partial charge in [0.05, 0.1) is 6.61 Å². The summed E-state index contributed by atoms with van der Waals surface area (Å²) in [5.41, 5.74) is 0. The summed E-state index contributed by atoms with van der Waals surface area (Å²) in [7, 11) is 0. The van der Waals surface area contributed by atoms with Crippen LogP contribution in [0, 0.1) is 0 Å². The van der Waals surface area contributed by atoms with E-state index >= 15 is 0 Å². The Labute approximate surface area is 103 Å². The number of ether oxygens (including phenoxy) is 1. The lowest BCUT2D eigenvalue weighted by Gasteiger charge is -2.28. The zero-order valence-corrected chi connectivity index (χ0v) is 11.4. The highest BCUT2D eigenvalue weighted by atomic mass is 32.2. The molecule has 0 aromatic carbocycles. The Hall–Kier alpha value is -0.220. The number of esters is 1. The predicted molar refractivity (Wildman–Crippen MR) is 68.8 cm³/mol. The normalized spacial score (nSPS) is 20.7. The van der Waals surface area contributed by atoms with Gasteiger partial charge in [0.2, 0.25) is 0 Å². The fraction of sp³-hybridized carbons (Fsp3) is 0.917. The summed E-state index contributed by atoms with van der Waals surface area (Å²) >= 11 is 1.93. The van der Waals surface area contributed by atoms with Crippen LogP contribution in [0.5, 0.6) is 0 Å². The van der Waals surface area contributed by atoms with Crippen LogP contribution in [0.25, 0.3) is 0 Å². The molecule has 0 radical (unpaired) electrons. The molecule has 1 atom stereocenters. The summed E-state index contributed by atoms with van der Waals surface area (Å²) in [5.74, 6) is -0.142. The first kappa shape index (κ1) is 13.8. The van der Waals surface area contributed by atoms with E-state index in [4.69, 9.17) is 4.74 Å².